The standard InChI is InChI=1S/C10H12FN/c1-6-4-7-2-3-8(11)5-9(7)10(6)12/h2-3,5-6,10H,4,12H2,1H3/t6-,10-/m1/s1. The molecule has 2 N–H and O–H groups in total. The molecule has 0 bridgehead atoms. The highest BCUT2D eigenvalue weighted by Gasteiger charge is 2.26. The van der Waals surface area contributed by atoms with Crippen LogP contribution in [0.15, 0.2) is 18.2 Å². The average Bonchev–Trinajstić information content (AvgIpc) is 2.31. The molecule has 1 nitrogen and oxygen atoms in total. The first-order chi connectivity index (χ1) is 5.68. The minimum absolute atomic E-state index is 0.0238. The van der Waals surface area contributed by atoms with Crippen molar-refractivity contribution in [3.05, 3.63) is 35.1 Å². The monoisotopic (exact) mass is 165 g/mol. The summed E-state index contributed by atoms with van der Waals surface area (Å²) in [6.45, 7) is 2.10. The third-order valence-electron chi connectivity index (χ3n) is 2.62. The van der Waals surface area contributed by atoms with Gasteiger partial charge in [-0.1, -0.05) is 13.0 Å². The summed E-state index contributed by atoms with van der Waals surface area (Å²) in [6.07, 6.45) is 0.983. The molecule has 1 aliphatic carbocycles. The first kappa shape index (κ1) is 7.74. The van der Waals surface area contributed by atoms with E-state index in [1.807, 2.05) is 6.07 Å². The van der Waals surface area contributed by atoms with Gasteiger partial charge in [0.1, 0.15) is 5.82 Å². The van der Waals surface area contributed by atoms with Gasteiger partial charge in [0, 0.05) is 6.04 Å². The Morgan fingerprint density at radius 1 is 1.50 bits per heavy atom. The molecule has 0 unspecified atom stereocenters. The Morgan fingerprint density at radius 2 is 2.25 bits per heavy atom. The highest BCUT2D eigenvalue weighted by atomic mass is 19.1. The summed E-state index contributed by atoms with van der Waals surface area (Å²) in [5, 5.41) is 0. The first-order valence-electron chi connectivity index (χ1n) is 4.22. The number of hydrogen-bond donors (Lipinski definition) is 1. The van der Waals surface area contributed by atoms with Crippen LogP contribution in [-0.2, 0) is 6.42 Å². The molecule has 1 aliphatic rings. The lowest BCUT2D eigenvalue weighted by Crippen LogP contribution is -2.13. The van der Waals surface area contributed by atoms with Gasteiger partial charge in [0.25, 0.3) is 0 Å². The maximum atomic E-state index is 12.8. The molecule has 64 valence electrons. The average molecular weight is 165 g/mol. The van der Waals surface area contributed by atoms with Gasteiger partial charge in [-0.05, 0) is 35.6 Å². The van der Waals surface area contributed by atoms with Crippen LogP contribution in [-0.4, -0.2) is 0 Å². The highest BCUT2D eigenvalue weighted by molar-refractivity contribution is 5.35. The quantitative estimate of drug-likeness (QED) is 0.625. The van der Waals surface area contributed by atoms with E-state index in [1.54, 1.807) is 6.07 Å². The Kier molecular flexibility index (Phi) is 1.65. The van der Waals surface area contributed by atoms with Crippen LogP contribution in [0.25, 0.3) is 0 Å². The van der Waals surface area contributed by atoms with Crippen LogP contribution in [0.2, 0.25) is 0 Å². The zero-order chi connectivity index (χ0) is 8.72. The van der Waals surface area contributed by atoms with Crippen molar-refractivity contribution < 1.29 is 4.39 Å². The third kappa shape index (κ3) is 1.03. The van der Waals surface area contributed by atoms with E-state index in [0.717, 1.165) is 12.0 Å². The molecule has 2 atom stereocenters. The summed E-state index contributed by atoms with van der Waals surface area (Å²) in [6, 6.07) is 4.93. The molecule has 0 radical (unpaired) electrons. The topological polar surface area (TPSA) is 26.0 Å². The molecule has 0 amide bonds. The van der Waals surface area contributed by atoms with Crippen molar-refractivity contribution in [3.8, 4) is 0 Å². The second-order valence-corrected chi connectivity index (χ2v) is 3.55. The van der Waals surface area contributed by atoms with Crippen LogP contribution in [0.5, 0.6) is 0 Å². The maximum absolute atomic E-state index is 12.8. The molecule has 12 heavy (non-hydrogen) atoms. The van der Waals surface area contributed by atoms with E-state index in [2.05, 4.69) is 6.92 Å². The molecular formula is C10H12FN. The van der Waals surface area contributed by atoms with Crippen molar-refractivity contribution in [2.24, 2.45) is 11.7 Å². The van der Waals surface area contributed by atoms with E-state index < -0.39 is 0 Å². The molecule has 1 aromatic carbocycles. The van der Waals surface area contributed by atoms with Gasteiger partial charge in [-0.15, -0.1) is 0 Å². The minimum Gasteiger partial charge on any atom is -0.324 e. The minimum atomic E-state index is -0.182. The molecular weight excluding hydrogens is 153 g/mol. The van der Waals surface area contributed by atoms with Crippen LogP contribution < -0.4 is 5.73 Å². The van der Waals surface area contributed by atoms with E-state index in [0.29, 0.717) is 5.92 Å². The van der Waals surface area contributed by atoms with Crippen LogP contribution in [0.4, 0.5) is 4.39 Å². The van der Waals surface area contributed by atoms with Gasteiger partial charge < -0.3 is 5.73 Å². The Morgan fingerprint density at radius 3 is 3.00 bits per heavy atom. The summed E-state index contributed by atoms with van der Waals surface area (Å²) in [7, 11) is 0. The van der Waals surface area contributed by atoms with E-state index in [1.165, 1.54) is 11.6 Å². The van der Waals surface area contributed by atoms with Crippen molar-refractivity contribution in [1.29, 1.82) is 0 Å². The van der Waals surface area contributed by atoms with Crippen molar-refractivity contribution >= 4 is 0 Å². The van der Waals surface area contributed by atoms with E-state index in [4.69, 9.17) is 5.73 Å². The number of fused-ring (bicyclic) bond motifs is 1. The van der Waals surface area contributed by atoms with E-state index in [9.17, 15) is 4.39 Å². The lowest BCUT2D eigenvalue weighted by atomic mass is 10.0. The number of nitrogens with two attached hydrogens (primary N) is 1. The zero-order valence-corrected chi connectivity index (χ0v) is 7.05. The second-order valence-electron chi connectivity index (χ2n) is 3.55. The van der Waals surface area contributed by atoms with Gasteiger partial charge in [0.05, 0.1) is 0 Å². The molecule has 0 saturated heterocycles. The van der Waals surface area contributed by atoms with Crippen molar-refractivity contribution in [2.75, 3.05) is 0 Å². The SMILES string of the molecule is C[C@@H]1Cc2ccc(F)cc2[C@@H]1N. The molecule has 1 aromatic rings. The summed E-state index contributed by atoms with van der Waals surface area (Å²) in [5.41, 5.74) is 8.09. The lowest BCUT2D eigenvalue weighted by Gasteiger charge is -2.08. The Hall–Kier alpha value is -0.890. The smallest absolute Gasteiger partial charge is 0.123 e. The van der Waals surface area contributed by atoms with Crippen molar-refractivity contribution in [1.82, 2.24) is 0 Å². The molecule has 0 aromatic heterocycles. The van der Waals surface area contributed by atoms with Gasteiger partial charge in [-0.3, -0.25) is 0 Å². The molecule has 0 spiro atoms. The maximum Gasteiger partial charge on any atom is 0.123 e. The molecule has 2 heteroatoms. The molecule has 0 aliphatic heterocycles. The molecule has 0 fully saturated rings. The van der Waals surface area contributed by atoms with Crippen molar-refractivity contribution in [3.63, 3.8) is 0 Å². The van der Waals surface area contributed by atoms with Gasteiger partial charge >= 0.3 is 0 Å². The fourth-order valence-corrected chi connectivity index (χ4v) is 1.84. The third-order valence-corrected chi connectivity index (χ3v) is 2.62. The zero-order valence-electron chi connectivity index (χ0n) is 7.05. The van der Waals surface area contributed by atoms with E-state index in [-0.39, 0.29) is 11.9 Å². The predicted molar refractivity (Wildman–Crippen MR) is 46.2 cm³/mol. The summed E-state index contributed by atoms with van der Waals surface area (Å²) in [5.74, 6) is 0.264. The van der Waals surface area contributed by atoms with E-state index >= 15 is 0 Å². The van der Waals surface area contributed by atoms with Gasteiger partial charge in [0.15, 0.2) is 0 Å². The largest absolute Gasteiger partial charge is 0.324 e. The Bertz CT molecular complexity index is 309. The van der Waals surface area contributed by atoms with Crippen LogP contribution >= 0.6 is 0 Å². The number of benzene rings is 1. The fraction of sp³-hybridized carbons (Fsp3) is 0.400. The van der Waals surface area contributed by atoms with Gasteiger partial charge in [-0.2, -0.15) is 0 Å². The van der Waals surface area contributed by atoms with Crippen LogP contribution in [0, 0.1) is 11.7 Å². The fourth-order valence-electron chi connectivity index (χ4n) is 1.84. The predicted octanol–water partition coefficient (Wildman–Crippen LogP) is 2.02. The number of rotatable bonds is 0. The highest BCUT2D eigenvalue weighted by Crippen LogP contribution is 2.33. The molecule has 0 heterocycles. The number of hydrogen-bond acceptors (Lipinski definition) is 1. The van der Waals surface area contributed by atoms with Crippen LogP contribution in [0.1, 0.15) is 24.1 Å². The second kappa shape index (κ2) is 2.56. The van der Waals surface area contributed by atoms with Crippen LogP contribution in [0.3, 0.4) is 0 Å². The summed E-state index contributed by atoms with van der Waals surface area (Å²) < 4.78 is 12.8. The Labute approximate surface area is 71.4 Å². The number of halogens is 1. The first-order valence-corrected chi connectivity index (χ1v) is 4.22. The van der Waals surface area contributed by atoms with Gasteiger partial charge in [-0.25, -0.2) is 4.39 Å². The summed E-state index contributed by atoms with van der Waals surface area (Å²) in [4.78, 5) is 0. The Balaban J connectivity index is 2.48. The molecule has 0 saturated carbocycles. The van der Waals surface area contributed by atoms with Gasteiger partial charge in [0.2, 0.25) is 0 Å². The molecule has 2 rings (SSSR count). The van der Waals surface area contributed by atoms with Crippen molar-refractivity contribution in [2.45, 2.75) is 19.4 Å². The normalized spacial score (nSPS) is 27.2. The summed E-state index contributed by atoms with van der Waals surface area (Å²) >= 11 is 0. The lowest BCUT2D eigenvalue weighted by molar-refractivity contribution is 0.511.